The number of rotatable bonds is 3. The summed E-state index contributed by atoms with van der Waals surface area (Å²) in [6.45, 7) is 10.3. The van der Waals surface area contributed by atoms with Gasteiger partial charge in [-0.1, -0.05) is 33.8 Å². The summed E-state index contributed by atoms with van der Waals surface area (Å²) in [5.41, 5.74) is 7.23. The number of aryl methyl sites for hydroxylation is 1. The zero-order valence-electron chi connectivity index (χ0n) is 12.7. The first-order chi connectivity index (χ1) is 9.09. The highest BCUT2D eigenvalue weighted by Crippen LogP contribution is 2.68. The molecular formula is C16H22N2O2. The number of amides is 2. The van der Waals surface area contributed by atoms with Crippen LogP contribution in [0.15, 0.2) is 18.2 Å². The lowest BCUT2D eigenvalue weighted by atomic mass is 10.0. The van der Waals surface area contributed by atoms with Crippen LogP contribution in [-0.4, -0.2) is 11.8 Å². The summed E-state index contributed by atoms with van der Waals surface area (Å²) in [5, 5.41) is 2.93. The number of carbonyl (C=O) groups is 2. The van der Waals surface area contributed by atoms with Crippen molar-refractivity contribution in [2.45, 2.75) is 34.6 Å². The lowest BCUT2D eigenvalue weighted by molar-refractivity contribution is -0.118. The molecule has 2 rings (SSSR count). The normalized spacial score (nSPS) is 19.4. The molecule has 2 amide bonds. The lowest BCUT2D eigenvalue weighted by Gasteiger charge is -2.10. The zero-order chi connectivity index (χ0) is 15.3. The lowest BCUT2D eigenvalue weighted by Crippen LogP contribution is -2.19. The minimum absolute atomic E-state index is 0.00437. The molecule has 0 saturated heterocycles. The van der Waals surface area contributed by atoms with Gasteiger partial charge in [0.2, 0.25) is 11.8 Å². The van der Waals surface area contributed by atoms with E-state index in [9.17, 15) is 9.59 Å². The summed E-state index contributed by atoms with van der Waals surface area (Å²) in [4.78, 5) is 23.6. The van der Waals surface area contributed by atoms with Gasteiger partial charge in [-0.25, -0.2) is 0 Å². The van der Waals surface area contributed by atoms with Gasteiger partial charge < -0.3 is 11.1 Å². The average molecular weight is 274 g/mol. The van der Waals surface area contributed by atoms with Gasteiger partial charge in [-0.05, 0) is 35.4 Å². The van der Waals surface area contributed by atoms with Gasteiger partial charge >= 0.3 is 0 Å². The molecule has 1 aromatic carbocycles. The predicted molar refractivity (Wildman–Crippen MR) is 79.4 cm³/mol. The maximum atomic E-state index is 12.4. The van der Waals surface area contributed by atoms with Crippen LogP contribution >= 0.6 is 0 Å². The number of benzene rings is 1. The van der Waals surface area contributed by atoms with E-state index < -0.39 is 5.91 Å². The molecule has 3 N–H and O–H groups in total. The van der Waals surface area contributed by atoms with E-state index in [1.165, 1.54) is 0 Å². The summed E-state index contributed by atoms with van der Waals surface area (Å²) in [5.74, 6) is -0.510. The van der Waals surface area contributed by atoms with E-state index in [0.717, 1.165) is 5.56 Å². The summed E-state index contributed by atoms with van der Waals surface area (Å²) >= 11 is 0. The van der Waals surface area contributed by atoms with E-state index in [1.807, 2.05) is 6.92 Å². The molecule has 1 aliphatic carbocycles. The molecule has 4 nitrogen and oxygen atoms in total. The van der Waals surface area contributed by atoms with Crippen molar-refractivity contribution in [2.75, 3.05) is 5.32 Å². The first kappa shape index (κ1) is 14.6. The first-order valence-electron chi connectivity index (χ1n) is 6.80. The third-order valence-corrected chi connectivity index (χ3v) is 5.06. The summed E-state index contributed by atoms with van der Waals surface area (Å²) < 4.78 is 0. The molecule has 0 aliphatic heterocycles. The van der Waals surface area contributed by atoms with Gasteiger partial charge in [0.1, 0.15) is 0 Å². The number of nitrogens with two attached hydrogens (primary N) is 1. The maximum Gasteiger partial charge on any atom is 0.248 e. The Balaban J connectivity index is 2.21. The molecule has 0 bridgehead atoms. The highest BCUT2D eigenvalue weighted by atomic mass is 16.2. The topological polar surface area (TPSA) is 72.2 Å². The molecule has 108 valence electrons. The van der Waals surface area contributed by atoms with Gasteiger partial charge in [0.25, 0.3) is 0 Å². The Labute approximate surface area is 119 Å². The monoisotopic (exact) mass is 274 g/mol. The Morgan fingerprint density at radius 2 is 1.70 bits per heavy atom. The highest BCUT2D eigenvalue weighted by molar-refractivity contribution is 5.99. The second-order valence-corrected chi connectivity index (χ2v) is 6.76. The van der Waals surface area contributed by atoms with Crippen LogP contribution in [0.1, 0.15) is 43.6 Å². The van der Waals surface area contributed by atoms with Crippen molar-refractivity contribution in [3.05, 3.63) is 29.3 Å². The molecule has 1 fully saturated rings. The van der Waals surface area contributed by atoms with Gasteiger partial charge in [-0.2, -0.15) is 0 Å². The number of hydrogen-bond acceptors (Lipinski definition) is 2. The standard InChI is InChI=1S/C16H22N2O2/c1-9-6-7-10(13(17)19)8-11(9)18-14(20)12-15(2,3)16(12,4)5/h6-8,12H,1-5H3,(H2,17,19)(H,18,20). The van der Waals surface area contributed by atoms with Crippen molar-refractivity contribution in [3.8, 4) is 0 Å². The fourth-order valence-corrected chi connectivity index (χ4v) is 2.97. The van der Waals surface area contributed by atoms with E-state index in [-0.39, 0.29) is 22.7 Å². The van der Waals surface area contributed by atoms with Crippen molar-refractivity contribution < 1.29 is 9.59 Å². The van der Waals surface area contributed by atoms with Crippen LogP contribution in [0.2, 0.25) is 0 Å². The van der Waals surface area contributed by atoms with Crippen molar-refractivity contribution in [2.24, 2.45) is 22.5 Å². The van der Waals surface area contributed by atoms with Crippen LogP contribution in [0.3, 0.4) is 0 Å². The number of carbonyl (C=O) groups excluding carboxylic acids is 2. The Hall–Kier alpha value is -1.84. The predicted octanol–water partition coefficient (Wildman–Crippen LogP) is 2.71. The summed E-state index contributed by atoms with van der Waals surface area (Å²) in [7, 11) is 0. The SMILES string of the molecule is Cc1ccc(C(N)=O)cc1NC(=O)C1C(C)(C)C1(C)C. The van der Waals surface area contributed by atoms with E-state index in [0.29, 0.717) is 11.3 Å². The number of nitrogens with one attached hydrogen (secondary N) is 1. The van der Waals surface area contributed by atoms with Crippen LogP contribution in [0, 0.1) is 23.7 Å². The highest BCUT2D eigenvalue weighted by Gasteiger charge is 2.68. The average Bonchev–Trinajstić information content (AvgIpc) is 2.72. The van der Waals surface area contributed by atoms with Crippen LogP contribution in [0.4, 0.5) is 5.69 Å². The van der Waals surface area contributed by atoms with Crippen molar-refractivity contribution in [1.82, 2.24) is 0 Å². The summed E-state index contributed by atoms with van der Waals surface area (Å²) in [6.07, 6.45) is 0. The maximum absolute atomic E-state index is 12.4. The third-order valence-electron chi connectivity index (χ3n) is 5.06. The molecule has 4 heteroatoms. The molecule has 1 aromatic rings. The third kappa shape index (κ3) is 2.09. The van der Waals surface area contributed by atoms with Gasteiger partial charge in [-0.3, -0.25) is 9.59 Å². The zero-order valence-corrected chi connectivity index (χ0v) is 12.7. The van der Waals surface area contributed by atoms with E-state index in [4.69, 9.17) is 5.73 Å². The van der Waals surface area contributed by atoms with Crippen molar-refractivity contribution in [1.29, 1.82) is 0 Å². The molecule has 0 heterocycles. The fourth-order valence-electron chi connectivity index (χ4n) is 2.97. The van der Waals surface area contributed by atoms with Gasteiger partial charge in [0, 0.05) is 17.2 Å². The molecule has 20 heavy (non-hydrogen) atoms. The molecular weight excluding hydrogens is 252 g/mol. The molecule has 0 spiro atoms. The molecule has 1 aliphatic rings. The van der Waals surface area contributed by atoms with E-state index in [1.54, 1.807) is 18.2 Å². The van der Waals surface area contributed by atoms with E-state index >= 15 is 0 Å². The first-order valence-corrected chi connectivity index (χ1v) is 6.80. The quantitative estimate of drug-likeness (QED) is 0.889. The Kier molecular flexibility index (Phi) is 3.16. The largest absolute Gasteiger partial charge is 0.366 e. The van der Waals surface area contributed by atoms with E-state index in [2.05, 4.69) is 33.0 Å². The number of hydrogen-bond donors (Lipinski definition) is 2. The van der Waals surface area contributed by atoms with Crippen LogP contribution in [0.25, 0.3) is 0 Å². The molecule has 1 saturated carbocycles. The van der Waals surface area contributed by atoms with Crippen molar-refractivity contribution >= 4 is 17.5 Å². The molecule has 0 unspecified atom stereocenters. The minimum atomic E-state index is -0.493. The molecule has 0 aromatic heterocycles. The van der Waals surface area contributed by atoms with Crippen LogP contribution in [0.5, 0.6) is 0 Å². The molecule has 0 radical (unpaired) electrons. The Morgan fingerprint density at radius 3 is 2.15 bits per heavy atom. The Morgan fingerprint density at radius 1 is 1.15 bits per heavy atom. The van der Waals surface area contributed by atoms with Crippen LogP contribution < -0.4 is 11.1 Å². The second-order valence-electron chi connectivity index (χ2n) is 6.76. The van der Waals surface area contributed by atoms with Crippen LogP contribution in [-0.2, 0) is 4.79 Å². The minimum Gasteiger partial charge on any atom is -0.366 e. The smallest absolute Gasteiger partial charge is 0.248 e. The van der Waals surface area contributed by atoms with Crippen molar-refractivity contribution in [3.63, 3.8) is 0 Å². The second kappa shape index (κ2) is 4.33. The Bertz CT molecular complexity index is 574. The fraction of sp³-hybridized carbons (Fsp3) is 0.500. The summed E-state index contributed by atoms with van der Waals surface area (Å²) in [6, 6.07) is 5.09. The molecule has 0 atom stereocenters. The number of anilines is 1. The van der Waals surface area contributed by atoms with Gasteiger partial charge in [0.05, 0.1) is 0 Å². The number of primary amides is 1. The van der Waals surface area contributed by atoms with Gasteiger partial charge in [0.15, 0.2) is 0 Å². The van der Waals surface area contributed by atoms with Gasteiger partial charge in [-0.15, -0.1) is 0 Å².